The fourth-order valence-corrected chi connectivity index (χ4v) is 2.65. The highest BCUT2D eigenvalue weighted by atomic mass is 32.2. The second-order valence-corrected chi connectivity index (χ2v) is 4.75. The Balaban J connectivity index is 2.13. The van der Waals surface area contributed by atoms with E-state index in [1.165, 1.54) is 0 Å². The molecule has 0 radical (unpaired) electrons. The summed E-state index contributed by atoms with van der Waals surface area (Å²) in [6, 6.07) is 3.64. The molecule has 0 aliphatic carbocycles. The Morgan fingerprint density at radius 2 is 2.41 bits per heavy atom. The average molecular weight is 246 g/mol. The van der Waals surface area contributed by atoms with Crippen LogP contribution in [-0.4, -0.2) is 32.9 Å². The molecule has 0 saturated carbocycles. The van der Waals surface area contributed by atoms with E-state index in [9.17, 15) is 4.79 Å². The molecule has 0 spiro atoms. The Kier molecular flexibility index (Phi) is 2.36. The molecule has 17 heavy (non-hydrogen) atoms. The Morgan fingerprint density at radius 1 is 1.53 bits per heavy atom. The van der Waals surface area contributed by atoms with Crippen molar-refractivity contribution in [1.29, 1.82) is 0 Å². The predicted octanol–water partition coefficient (Wildman–Crippen LogP) is 1.09. The molecule has 86 valence electrons. The number of amides is 1. The first-order valence-electron chi connectivity index (χ1n) is 5.20. The number of nitrogens with zero attached hydrogens (tertiary/aromatic N) is 3. The lowest BCUT2D eigenvalue weighted by Gasteiger charge is -2.03. The van der Waals surface area contributed by atoms with Crippen molar-refractivity contribution in [3.8, 4) is 0 Å². The monoisotopic (exact) mass is 246 g/mol. The van der Waals surface area contributed by atoms with Crippen molar-refractivity contribution in [3.63, 3.8) is 0 Å². The zero-order valence-corrected chi connectivity index (χ0v) is 9.78. The van der Waals surface area contributed by atoms with Crippen molar-refractivity contribution >= 4 is 33.7 Å². The molecular formula is C11H10N4OS. The number of carbonyl (C=O) groups excluding carboxylic acids is 1. The molecule has 6 heteroatoms. The molecular weight excluding hydrogens is 236 g/mol. The highest BCUT2D eigenvalue weighted by Crippen LogP contribution is 2.21. The van der Waals surface area contributed by atoms with Gasteiger partial charge in [-0.3, -0.25) is 14.4 Å². The summed E-state index contributed by atoms with van der Waals surface area (Å²) in [5.74, 6) is 0.508. The summed E-state index contributed by atoms with van der Waals surface area (Å²) < 4.78 is 1.99. The minimum absolute atomic E-state index is 0.288. The smallest absolute Gasteiger partial charge is 0.267 e. The molecule has 2 aromatic rings. The molecule has 0 bridgehead atoms. The summed E-state index contributed by atoms with van der Waals surface area (Å²) in [6.07, 6.45) is 3.60. The molecule has 3 rings (SSSR count). The van der Waals surface area contributed by atoms with E-state index in [1.807, 2.05) is 16.8 Å². The van der Waals surface area contributed by atoms with E-state index in [0.717, 1.165) is 28.4 Å². The number of carbonyl (C=O) groups is 1. The van der Waals surface area contributed by atoms with E-state index < -0.39 is 5.91 Å². The summed E-state index contributed by atoms with van der Waals surface area (Å²) in [4.78, 5) is 19.5. The van der Waals surface area contributed by atoms with E-state index in [-0.39, 0.29) is 5.69 Å². The van der Waals surface area contributed by atoms with Crippen molar-refractivity contribution < 1.29 is 4.79 Å². The van der Waals surface area contributed by atoms with Gasteiger partial charge in [-0.15, -0.1) is 0 Å². The second kappa shape index (κ2) is 3.89. The van der Waals surface area contributed by atoms with Gasteiger partial charge in [-0.05, 0) is 12.1 Å². The highest BCUT2D eigenvalue weighted by Gasteiger charge is 2.13. The first-order valence-corrected chi connectivity index (χ1v) is 6.19. The van der Waals surface area contributed by atoms with Crippen LogP contribution < -0.4 is 5.73 Å². The minimum atomic E-state index is -0.507. The summed E-state index contributed by atoms with van der Waals surface area (Å²) in [6.45, 7) is 0.854. The lowest BCUT2D eigenvalue weighted by Crippen LogP contribution is -2.13. The molecule has 0 unspecified atom stereocenters. The number of nitrogens with two attached hydrogens (primary N) is 1. The van der Waals surface area contributed by atoms with Crippen LogP contribution in [0.25, 0.3) is 10.9 Å². The number of hydrogen-bond donors (Lipinski definition) is 1. The van der Waals surface area contributed by atoms with Crippen LogP contribution in [0.15, 0.2) is 29.5 Å². The first kappa shape index (κ1) is 10.3. The molecule has 1 aliphatic rings. The molecule has 2 N–H and O–H groups in total. The van der Waals surface area contributed by atoms with Gasteiger partial charge in [0.05, 0.1) is 18.3 Å². The Labute approximate surface area is 102 Å². The molecule has 0 saturated heterocycles. The standard InChI is InChI=1S/C11H10N4OS/c12-10(16)8-5-7-1-3-15(9(7)6-14-8)11-13-2-4-17-11/h1,3,5-6H,2,4H2,(H2,12,16). The van der Waals surface area contributed by atoms with Crippen LogP contribution in [0.3, 0.4) is 0 Å². The molecule has 1 amide bonds. The topological polar surface area (TPSA) is 73.3 Å². The van der Waals surface area contributed by atoms with Gasteiger partial charge in [-0.2, -0.15) is 0 Å². The average Bonchev–Trinajstić information content (AvgIpc) is 2.96. The van der Waals surface area contributed by atoms with Gasteiger partial charge in [0, 0.05) is 17.3 Å². The van der Waals surface area contributed by atoms with E-state index >= 15 is 0 Å². The van der Waals surface area contributed by atoms with Crippen LogP contribution in [0.4, 0.5) is 0 Å². The first-order chi connectivity index (χ1) is 8.25. The Hall–Kier alpha value is -1.82. The minimum Gasteiger partial charge on any atom is -0.364 e. The van der Waals surface area contributed by atoms with Crippen LogP contribution in [-0.2, 0) is 0 Å². The van der Waals surface area contributed by atoms with Gasteiger partial charge in [0.15, 0.2) is 5.17 Å². The summed E-state index contributed by atoms with van der Waals surface area (Å²) in [5, 5.41) is 1.93. The van der Waals surface area contributed by atoms with Gasteiger partial charge in [-0.25, -0.2) is 4.98 Å². The number of thioether (sulfide) groups is 1. The third-order valence-electron chi connectivity index (χ3n) is 2.60. The van der Waals surface area contributed by atoms with E-state index in [2.05, 4.69) is 9.98 Å². The molecule has 0 aromatic carbocycles. The lowest BCUT2D eigenvalue weighted by atomic mass is 10.2. The van der Waals surface area contributed by atoms with Crippen molar-refractivity contribution in [1.82, 2.24) is 9.55 Å². The van der Waals surface area contributed by atoms with Gasteiger partial charge in [-0.1, -0.05) is 11.8 Å². The number of aliphatic imine (C=N–C) groups is 1. The van der Waals surface area contributed by atoms with E-state index in [1.54, 1.807) is 24.0 Å². The number of pyridine rings is 1. The van der Waals surface area contributed by atoms with Crippen LogP contribution in [0.2, 0.25) is 0 Å². The van der Waals surface area contributed by atoms with Gasteiger partial charge < -0.3 is 5.73 Å². The van der Waals surface area contributed by atoms with E-state index in [0.29, 0.717) is 0 Å². The number of rotatable bonds is 1. The van der Waals surface area contributed by atoms with Crippen molar-refractivity contribution in [2.24, 2.45) is 10.7 Å². The second-order valence-electron chi connectivity index (χ2n) is 3.69. The Bertz CT molecular complexity index is 631. The maximum absolute atomic E-state index is 11.0. The zero-order valence-electron chi connectivity index (χ0n) is 8.96. The Morgan fingerprint density at radius 3 is 3.12 bits per heavy atom. The van der Waals surface area contributed by atoms with Gasteiger partial charge in [0.2, 0.25) is 0 Å². The third-order valence-corrected chi connectivity index (χ3v) is 3.58. The molecule has 0 atom stereocenters. The van der Waals surface area contributed by atoms with Crippen molar-refractivity contribution in [3.05, 3.63) is 30.2 Å². The SMILES string of the molecule is NC(=O)c1cc2ccn(C3=NCCS3)c2cn1. The third kappa shape index (κ3) is 1.70. The molecule has 2 aromatic heterocycles. The summed E-state index contributed by atoms with van der Waals surface area (Å²) in [7, 11) is 0. The molecule has 3 heterocycles. The highest BCUT2D eigenvalue weighted by molar-refractivity contribution is 8.14. The normalized spacial score (nSPS) is 15.2. The van der Waals surface area contributed by atoms with Gasteiger partial charge in [0.25, 0.3) is 5.91 Å². The largest absolute Gasteiger partial charge is 0.364 e. The number of hydrogen-bond acceptors (Lipinski definition) is 4. The van der Waals surface area contributed by atoms with Crippen LogP contribution in [0.1, 0.15) is 10.5 Å². The summed E-state index contributed by atoms with van der Waals surface area (Å²) in [5.41, 5.74) is 6.43. The predicted molar refractivity (Wildman–Crippen MR) is 68.4 cm³/mol. The summed E-state index contributed by atoms with van der Waals surface area (Å²) >= 11 is 1.72. The fourth-order valence-electron chi connectivity index (χ4n) is 1.80. The van der Waals surface area contributed by atoms with Crippen molar-refractivity contribution in [2.75, 3.05) is 12.3 Å². The van der Waals surface area contributed by atoms with Gasteiger partial charge in [0.1, 0.15) is 5.69 Å². The maximum atomic E-state index is 11.0. The van der Waals surface area contributed by atoms with Crippen LogP contribution >= 0.6 is 11.8 Å². The number of aromatic nitrogens is 2. The molecule has 1 aliphatic heterocycles. The maximum Gasteiger partial charge on any atom is 0.267 e. The fraction of sp³-hybridized carbons (Fsp3) is 0.182. The molecule has 5 nitrogen and oxygen atoms in total. The van der Waals surface area contributed by atoms with Crippen molar-refractivity contribution in [2.45, 2.75) is 0 Å². The molecule has 0 fully saturated rings. The zero-order chi connectivity index (χ0) is 11.8. The number of primary amides is 1. The quantitative estimate of drug-likeness (QED) is 0.818. The van der Waals surface area contributed by atoms with Crippen LogP contribution in [0, 0.1) is 0 Å². The number of fused-ring (bicyclic) bond motifs is 1. The lowest BCUT2D eigenvalue weighted by molar-refractivity contribution is 0.0996. The van der Waals surface area contributed by atoms with Gasteiger partial charge >= 0.3 is 0 Å². The van der Waals surface area contributed by atoms with Crippen LogP contribution in [0.5, 0.6) is 0 Å². The van der Waals surface area contributed by atoms with E-state index in [4.69, 9.17) is 5.73 Å².